The van der Waals surface area contributed by atoms with Crippen molar-refractivity contribution >= 4 is 27.3 Å². The van der Waals surface area contributed by atoms with Gasteiger partial charge in [0.25, 0.3) is 0 Å². The van der Waals surface area contributed by atoms with Gasteiger partial charge >= 0.3 is 6.36 Å². The molecule has 0 heterocycles. The van der Waals surface area contributed by atoms with E-state index in [-0.39, 0.29) is 17.8 Å². The predicted molar refractivity (Wildman–Crippen MR) is 111 cm³/mol. The first-order valence-corrected chi connectivity index (χ1v) is 11.2. The molecule has 2 aromatic carbocycles. The maximum atomic E-state index is 12.8. The number of amides is 1. The maximum Gasteiger partial charge on any atom is 0.573 e. The summed E-state index contributed by atoms with van der Waals surface area (Å²) in [7, 11) is -3.83. The van der Waals surface area contributed by atoms with Crippen molar-refractivity contribution in [2.24, 2.45) is 0 Å². The Labute approximate surface area is 178 Å². The van der Waals surface area contributed by atoms with E-state index < -0.39 is 34.1 Å². The largest absolute Gasteiger partial charge is 0.573 e. The van der Waals surface area contributed by atoms with Crippen molar-refractivity contribution in [1.82, 2.24) is 0 Å². The Bertz CT molecular complexity index is 977. The third-order valence-electron chi connectivity index (χ3n) is 4.09. The minimum atomic E-state index is -4.83. The molecule has 0 saturated carbocycles. The van der Waals surface area contributed by atoms with Crippen LogP contribution in [-0.4, -0.2) is 39.6 Å². The summed E-state index contributed by atoms with van der Waals surface area (Å²) in [4.78, 5) is 12.8. The van der Waals surface area contributed by atoms with E-state index in [0.29, 0.717) is 12.4 Å². The van der Waals surface area contributed by atoms with Crippen LogP contribution < -0.4 is 19.1 Å². The number of hydrogen-bond donors (Lipinski definition) is 1. The molecule has 0 aliphatic rings. The highest BCUT2D eigenvalue weighted by atomic mass is 32.2. The molecule has 11 heteroatoms. The topological polar surface area (TPSA) is 84.9 Å². The van der Waals surface area contributed by atoms with Gasteiger partial charge in [0.05, 0.1) is 18.6 Å². The summed E-state index contributed by atoms with van der Waals surface area (Å²) in [6, 6.07) is 9.73. The summed E-state index contributed by atoms with van der Waals surface area (Å²) in [5.41, 5.74) is 0.472. The molecular weight excluding hydrogens is 437 g/mol. The smallest absolute Gasteiger partial charge is 0.494 e. The second-order valence-electron chi connectivity index (χ2n) is 6.47. The van der Waals surface area contributed by atoms with Crippen LogP contribution >= 0.6 is 0 Å². The van der Waals surface area contributed by atoms with Gasteiger partial charge in [0.15, 0.2) is 0 Å². The second-order valence-corrected chi connectivity index (χ2v) is 8.33. The zero-order valence-electron chi connectivity index (χ0n) is 17.1. The molecule has 0 radical (unpaired) electrons. The number of halogens is 3. The number of benzene rings is 2. The van der Waals surface area contributed by atoms with E-state index in [9.17, 15) is 26.4 Å². The van der Waals surface area contributed by atoms with Gasteiger partial charge in [-0.2, -0.15) is 0 Å². The van der Waals surface area contributed by atoms with Gasteiger partial charge in [-0.05, 0) is 61.9 Å². The summed E-state index contributed by atoms with van der Waals surface area (Å²) in [6.07, 6.45) is -3.68. The van der Waals surface area contributed by atoms with Gasteiger partial charge in [-0.1, -0.05) is 6.92 Å². The van der Waals surface area contributed by atoms with E-state index in [1.54, 1.807) is 19.1 Å². The van der Waals surface area contributed by atoms with Gasteiger partial charge in [-0.15, -0.1) is 13.2 Å². The molecule has 2 rings (SSSR count). The number of carbonyl (C=O) groups excluding carboxylic acids is 1. The van der Waals surface area contributed by atoms with Crippen molar-refractivity contribution in [3.05, 3.63) is 48.5 Å². The number of nitrogens with zero attached hydrogens (tertiary/aromatic N) is 1. The lowest BCUT2D eigenvalue weighted by Crippen LogP contribution is -2.46. The molecule has 0 aromatic heterocycles. The van der Waals surface area contributed by atoms with Crippen molar-refractivity contribution in [3.8, 4) is 11.5 Å². The van der Waals surface area contributed by atoms with E-state index in [4.69, 9.17) is 4.74 Å². The Hall–Kier alpha value is -2.95. The quantitative estimate of drug-likeness (QED) is 0.607. The van der Waals surface area contributed by atoms with Crippen LogP contribution in [0.3, 0.4) is 0 Å². The van der Waals surface area contributed by atoms with Gasteiger partial charge in [0, 0.05) is 5.69 Å². The zero-order chi connectivity index (χ0) is 23.2. The first-order chi connectivity index (χ1) is 14.4. The molecular formula is C20H23F3N2O5S. The van der Waals surface area contributed by atoms with Crippen LogP contribution in [0.4, 0.5) is 24.5 Å². The molecule has 1 atom stereocenters. The highest BCUT2D eigenvalue weighted by Crippen LogP contribution is 2.27. The fourth-order valence-corrected chi connectivity index (χ4v) is 4.09. The van der Waals surface area contributed by atoms with Crippen molar-refractivity contribution in [2.75, 3.05) is 22.5 Å². The molecule has 0 fully saturated rings. The number of rotatable bonds is 9. The van der Waals surface area contributed by atoms with Crippen LogP contribution in [0, 0.1) is 0 Å². The number of hydrogen-bond acceptors (Lipinski definition) is 5. The predicted octanol–water partition coefficient (Wildman–Crippen LogP) is 4.17. The van der Waals surface area contributed by atoms with Gasteiger partial charge in [-0.3, -0.25) is 9.10 Å². The van der Waals surface area contributed by atoms with Gasteiger partial charge < -0.3 is 14.8 Å². The Morgan fingerprint density at radius 3 is 2.03 bits per heavy atom. The Morgan fingerprint density at radius 2 is 1.58 bits per heavy atom. The standard InChI is InChI=1S/C20H23F3N2O5S/c1-4-18(19(26)24-14-6-10-17(11-7-14)30-20(21,22)23)25(31(3,27)28)15-8-12-16(13-9-15)29-5-2/h6-13,18H,4-5H2,1-3H3,(H,24,26)/t18-/m0/s1. The van der Waals surface area contributed by atoms with Crippen LogP contribution in [0.1, 0.15) is 20.3 Å². The number of anilines is 2. The van der Waals surface area contributed by atoms with Crippen LogP contribution in [0.25, 0.3) is 0 Å². The third-order valence-corrected chi connectivity index (χ3v) is 5.27. The SMILES string of the molecule is CCOc1ccc(N([C@@H](CC)C(=O)Nc2ccc(OC(F)(F)F)cc2)S(C)(=O)=O)cc1. The summed E-state index contributed by atoms with van der Waals surface area (Å²) in [6.45, 7) is 3.91. The average molecular weight is 460 g/mol. The van der Waals surface area contributed by atoms with Crippen molar-refractivity contribution in [1.29, 1.82) is 0 Å². The summed E-state index contributed by atoms with van der Waals surface area (Å²) < 4.78 is 71.9. The van der Waals surface area contributed by atoms with E-state index in [0.717, 1.165) is 22.7 Å². The summed E-state index contributed by atoms with van der Waals surface area (Å²) in [5, 5.41) is 2.53. The van der Waals surface area contributed by atoms with Crippen molar-refractivity contribution in [2.45, 2.75) is 32.7 Å². The maximum absolute atomic E-state index is 12.8. The third kappa shape index (κ3) is 7.06. The number of sulfonamides is 1. The average Bonchev–Trinajstić information content (AvgIpc) is 2.66. The van der Waals surface area contributed by atoms with Crippen LogP contribution in [0.2, 0.25) is 0 Å². The molecule has 1 amide bonds. The highest BCUT2D eigenvalue weighted by Gasteiger charge is 2.32. The van der Waals surface area contributed by atoms with Crippen LogP contribution in [-0.2, 0) is 14.8 Å². The molecule has 0 aliphatic heterocycles. The zero-order valence-corrected chi connectivity index (χ0v) is 18.0. The molecule has 2 aromatic rings. The summed E-state index contributed by atoms with van der Waals surface area (Å²) >= 11 is 0. The molecule has 0 spiro atoms. The molecule has 0 bridgehead atoms. The van der Waals surface area contributed by atoms with Crippen molar-refractivity contribution in [3.63, 3.8) is 0 Å². The minimum absolute atomic E-state index is 0.154. The number of ether oxygens (including phenoxy) is 2. The molecule has 1 N–H and O–H groups in total. The van der Waals surface area contributed by atoms with E-state index in [1.165, 1.54) is 24.3 Å². The lowest BCUT2D eigenvalue weighted by molar-refractivity contribution is -0.274. The monoisotopic (exact) mass is 460 g/mol. The van der Waals surface area contributed by atoms with Crippen LogP contribution in [0.15, 0.2) is 48.5 Å². The van der Waals surface area contributed by atoms with Crippen molar-refractivity contribution < 1.29 is 35.9 Å². The van der Waals surface area contributed by atoms with Gasteiger partial charge in [0.1, 0.15) is 17.5 Å². The molecule has 0 saturated heterocycles. The lowest BCUT2D eigenvalue weighted by Gasteiger charge is -2.30. The number of nitrogens with one attached hydrogen (secondary N) is 1. The molecule has 7 nitrogen and oxygen atoms in total. The fraction of sp³-hybridized carbons (Fsp3) is 0.350. The molecule has 170 valence electrons. The summed E-state index contributed by atoms with van der Waals surface area (Å²) in [5.74, 6) is -0.519. The number of alkyl halides is 3. The Morgan fingerprint density at radius 1 is 1.03 bits per heavy atom. The van der Waals surface area contributed by atoms with Gasteiger partial charge in [-0.25, -0.2) is 8.42 Å². The first kappa shape index (κ1) is 24.3. The fourth-order valence-electron chi connectivity index (χ4n) is 2.88. The molecule has 0 aliphatic carbocycles. The minimum Gasteiger partial charge on any atom is -0.494 e. The highest BCUT2D eigenvalue weighted by molar-refractivity contribution is 7.92. The molecule has 0 unspecified atom stereocenters. The van der Waals surface area contributed by atoms with E-state index in [1.807, 2.05) is 6.92 Å². The lowest BCUT2D eigenvalue weighted by atomic mass is 10.1. The Balaban J connectivity index is 2.24. The van der Waals surface area contributed by atoms with Crippen LogP contribution in [0.5, 0.6) is 11.5 Å². The number of carbonyl (C=O) groups is 1. The van der Waals surface area contributed by atoms with Gasteiger partial charge in [0.2, 0.25) is 15.9 Å². The normalized spacial score (nSPS) is 12.7. The second kappa shape index (κ2) is 9.90. The first-order valence-electron chi connectivity index (χ1n) is 9.33. The molecule has 31 heavy (non-hydrogen) atoms. The van der Waals surface area contributed by atoms with E-state index in [2.05, 4.69) is 10.1 Å². The Kier molecular flexibility index (Phi) is 7.77. The van der Waals surface area contributed by atoms with E-state index >= 15 is 0 Å².